The van der Waals surface area contributed by atoms with E-state index in [9.17, 15) is 9.59 Å². The average Bonchev–Trinajstić information content (AvgIpc) is 2.94. The van der Waals surface area contributed by atoms with Crippen LogP contribution in [0.5, 0.6) is 0 Å². The average molecular weight is 415 g/mol. The molecule has 0 aliphatic heterocycles. The molecule has 0 fully saturated rings. The fourth-order valence-corrected chi connectivity index (χ4v) is 4.28. The Kier molecular flexibility index (Phi) is 5.50. The predicted molar refractivity (Wildman–Crippen MR) is 118 cm³/mol. The topological polar surface area (TPSA) is 58.2 Å². The Morgan fingerprint density at radius 3 is 2.36 bits per heavy atom. The molecule has 0 aliphatic carbocycles. The number of nitrogens with one attached hydrogen (secondary N) is 2. The molecule has 0 unspecified atom stereocenters. The molecule has 3 aromatic rings. The molecular formula is C22H23ClN2O2S. The zero-order chi connectivity index (χ0) is 20.6. The van der Waals surface area contributed by atoms with Gasteiger partial charge >= 0.3 is 0 Å². The summed E-state index contributed by atoms with van der Waals surface area (Å²) in [5.41, 5.74) is 3.07. The van der Waals surface area contributed by atoms with Crippen molar-refractivity contribution in [2.75, 3.05) is 5.32 Å². The Morgan fingerprint density at radius 1 is 1.00 bits per heavy atom. The lowest BCUT2D eigenvalue weighted by Crippen LogP contribution is -2.40. The third-order valence-electron chi connectivity index (χ3n) is 4.37. The monoisotopic (exact) mass is 414 g/mol. The van der Waals surface area contributed by atoms with Crippen LogP contribution in [0.25, 0.3) is 10.1 Å². The van der Waals surface area contributed by atoms with Gasteiger partial charge in [0, 0.05) is 16.5 Å². The van der Waals surface area contributed by atoms with Crippen molar-refractivity contribution in [1.82, 2.24) is 5.32 Å². The molecular weight excluding hydrogens is 392 g/mol. The van der Waals surface area contributed by atoms with Gasteiger partial charge in [-0.1, -0.05) is 29.8 Å². The summed E-state index contributed by atoms with van der Waals surface area (Å²) in [6.45, 7) is 9.74. The fraction of sp³-hybridized carbons (Fsp3) is 0.273. The first-order chi connectivity index (χ1) is 13.1. The normalized spacial score (nSPS) is 11.5. The third kappa shape index (κ3) is 4.21. The molecule has 0 saturated heterocycles. The molecule has 0 radical (unpaired) electrons. The molecule has 0 saturated carbocycles. The van der Waals surface area contributed by atoms with E-state index in [0.29, 0.717) is 21.2 Å². The zero-order valence-corrected chi connectivity index (χ0v) is 18.1. The lowest BCUT2D eigenvalue weighted by Gasteiger charge is -2.19. The number of rotatable bonds is 3. The first-order valence-electron chi connectivity index (χ1n) is 8.99. The Hall–Kier alpha value is -2.37. The highest BCUT2D eigenvalue weighted by Gasteiger charge is 2.23. The van der Waals surface area contributed by atoms with Gasteiger partial charge in [0.1, 0.15) is 4.88 Å². The molecule has 0 spiro atoms. The van der Waals surface area contributed by atoms with E-state index in [0.717, 1.165) is 21.2 Å². The summed E-state index contributed by atoms with van der Waals surface area (Å²) in [5, 5.41) is 7.05. The van der Waals surface area contributed by atoms with E-state index in [1.54, 1.807) is 6.07 Å². The molecule has 2 aromatic carbocycles. The molecule has 6 heteroatoms. The number of hydrogen-bond donors (Lipinski definition) is 2. The van der Waals surface area contributed by atoms with Crippen LogP contribution in [0.3, 0.4) is 0 Å². The largest absolute Gasteiger partial charge is 0.347 e. The summed E-state index contributed by atoms with van der Waals surface area (Å²) >= 11 is 7.76. The van der Waals surface area contributed by atoms with Gasteiger partial charge in [0.05, 0.1) is 15.4 Å². The zero-order valence-electron chi connectivity index (χ0n) is 16.6. The minimum atomic E-state index is -0.364. The van der Waals surface area contributed by atoms with Crippen molar-refractivity contribution in [1.29, 1.82) is 0 Å². The van der Waals surface area contributed by atoms with Crippen LogP contribution < -0.4 is 10.6 Å². The van der Waals surface area contributed by atoms with E-state index < -0.39 is 0 Å². The van der Waals surface area contributed by atoms with Gasteiger partial charge in [-0.3, -0.25) is 9.59 Å². The molecule has 0 aliphatic rings. The number of thiophene rings is 1. The first kappa shape index (κ1) is 20.4. The highest BCUT2D eigenvalue weighted by atomic mass is 35.5. The molecule has 4 nitrogen and oxygen atoms in total. The molecule has 1 aromatic heterocycles. The Morgan fingerprint density at radius 2 is 1.71 bits per heavy atom. The second kappa shape index (κ2) is 7.57. The second-order valence-electron chi connectivity index (χ2n) is 7.88. The highest BCUT2D eigenvalue weighted by Crippen LogP contribution is 2.39. The van der Waals surface area contributed by atoms with Gasteiger partial charge in [-0.25, -0.2) is 0 Å². The van der Waals surface area contributed by atoms with Crippen molar-refractivity contribution in [2.24, 2.45) is 0 Å². The Bertz CT molecular complexity index is 1080. The first-order valence-corrected chi connectivity index (χ1v) is 10.2. The number of aryl methyl sites for hydroxylation is 2. The maximum atomic E-state index is 12.7. The second-order valence-corrected chi connectivity index (χ2v) is 9.28. The number of amides is 2. The van der Waals surface area contributed by atoms with E-state index in [1.165, 1.54) is 11.3 Å². The number of halogens is 1. The van der Waals surface area contributed by atoms with E-state index >= 15 is 0 Å². The van der Waals surface area contributed by atoms with Gasteiger partial charge in [0.15, 0.2) is 0 Å². The van der Waals surface area contributed by atoms with E-state index in [4.69, 9.17) is 11.6 Å². The fourth-order valence-electron chi connectivity index (χ4n) is 2.81. The molecule has 3 rings (SSSR count). The van der Waals surface area contributed by atoms with Crippen LogP contribution in [-0.2, 0) is 0 Å². The number of hydrogen-bond acceptors (Lipinski definition) is 3. The lowest BCUT2D eigenvalue weighted by molar-refractivity contribution is 0.0923. The van der Waals surface area contributed by atoms with Crippen molar-refractivity contribution in [2.45, 2.75) is 40.2 Å². The van der Waals surface area contributed by atoms with Crippen molar-refractivity contribution in [3.05, 3.63) is 63.0 Å². The Labute approximate surface area is 173 Å². The van der Waals surface area contributed by atoms with Crippen LogP contribution in [0.2, 0.25) is 5.02 Å². The van der Waals surface area contributed by atoms with Crippen LogP contribution in [0.1, 0.15) is 51.9 Å². The maximum Gasteiger partial charge on any atom is 0.263 e. The smallest absolute Gasteiger partial charge is 0.263 e. The van der Waals surface area contributed by atoms with Gasteiger partial charge in [-0.05, 0) is 63.9 Å². The molecule has 2 N–H and O–H groups in total. The molecule has 146 valence electrons. The van der Waals surface area contributed by atoms with Crippen LogP contribution in [-0.4, -0.2) is 17.4 Å². The van der Waals surface area contributed by atoms with Crippen LogP contribution >= 0.6 is 22.9 Å². The van der Waals surface area contributed by atoms with Crippen molar-refractivity contribution >= 4 is 50.5 Å². The van der Waals surface area contributed by atoms with Crippen molar-refractivity contribution < 1.29 is 9.59 Å². The van der Waals surface area contributed by atoms with Gasteiger partial charge in [0.25, 0.3) is 11.8 Å². The van der Waals surface area contributed by atoms with Gasteiger partial charge < -0.3 is 10.6 Å². The highest BCUT2D eigenvalue weighted by molar-refractivity contribution is 7.22. The summed E-state index contributed by atoms with van der Waals surface area (Å²) in [6.07, 6.45) is 0. The standard InChI is InChI=1S/C22H23ClN2O2S/c1-12-9-10-14(11-13(12)2)20(26)24-16-8-6-7-15-17(23)19(28-18(15)16)21(27)25-22(3,4)5/h6-11H,1-5H3,(H,24,26)(H,25,27). The number of benzene rings is 2. The van der Waals surface area contributed by atoms with E-state index in [1.807, 2.05) is 65.0 Å². The minimum absolute atomic E-state index is 0.194. The lowest BCUT2D eigenvalue weighted by atomic mass is 10.1. The number of fused-ring (bicyclic) bond motifs is 1. The molecule has 28 heavy (non-hydrogen) atoms. The van der Waals surface area contributed by atoms with Crippen LogP contribution in [0.4, 0.5) is 5.69 Å². The Balaban J connectivity index is 1.96. The molecule has 0 atom stereocenters. The van der Waals surface area contributed by atoms with Crippen molar-refractivity contribution in [3.63, 3.8) is 0 Å². The summed E-state index contributed by atoms with van der Waals surface area (Å²) in [4.78, 5) is 25.8. The van der Waals surface area contributed by atoms with E-state index in [2.05, 4.69) is 10.6 Å². The molecule has 0 bridgehead atoms. The predicted octanol–water partition coefficient (Wildman–Crippen LogP) is 5.95. The van der Waals surface area contributed by atoms with Crippen molar-refractivity contribution in [3.8, 4) is 0 Å². The van der Waals surface area contributed by atoms with Crippen LogP contribution in [0, 0.1) is 13.8 Å². The minimum Gasteiger partial charge on any atom is -0.347 e. The SMILES string of the molecule is Cc1ccc(C(=O)Nc2cccc3c(Cl)c(C(=O)NC(C)(C)C)sc23)cc1C. The number of carbonyl (C=O) groups excluding carboxylic acids is 2. The van der Waals surface area contributed by atoms with Gasteiger partial charge in [-0.2, -0.15) is 0 Å². The summed E-state index contributed by atoms with van der Waals surface area (Å²) < 4.78 is 0.781. The summed E-state index contributed by atoms with van der Waals surface area (Å²) in [7, 11) is 0. The van der Waals surface area contributed by atoms with Crippen LogP contribution in [0.15, 0.2) is 36.4 Å². The summed E-state index contributed by atoms with van der Waals surface area (Å²) in [5.74, 6) is -0.411. The molecule has 2 amide bonds. The third-order valence-corrected chi connectivity index (χ3v) is 6.11. The van der Waals surface area contributed by atoms with Gasteiger partial charge in [0.2, 0.25) is 0 Å². The van der Waals surface area contributed by atoms with Gasteiger partial charge in [-0.15, -0.1) is 11.3 Å². The molecule has 1 heterocycles. The van der Waals surface area contributed by atoms with E-state index in [-0.39, 0.29) is 17.4 Å². The number of anilines is 1. The quantitative estimate of drug-likeness (QED) is 0.556. The number of carbonyl (C=O) groups is 2. The maximum absolute atomic E-state index is 12.7. The summed E-state index contributed by atoms with van der Waals surface area (Å²) in [6, 6.07) is 11.1.